The number of hydrogen-bond acceptors (Lipinski definition) is 8. The van der Waals surface area contributed by atoms with Crippen molar-refractivity contribution in [3.05, 3.63) is 71.7 Å². The van der Waals surface area contributed by atoms with Gasteiger partial charge in [0.15, 0.2) is 5.82 Å². The van der Waals surface area contributed by atoms with E-state index in [1.54, 1.807) is 37.3 Å². The van der Waals surface area contributed by atoms with Crippen molar-refractivity contribution in [1.82, 2.24) is 39.9 Å². The van der Waals surface area contributed by atoms with Crippen LogP contribution in [0.5, 0.6) is 0 Å². The summed E-state index contributed by atoms with van der Waals surface area (Å²) in [6.45, 7) is 1.06. The number of carbonyl (C=O) groups excluding carboxylic acids is 1. The van der Waals surface area contributed by atoms with E-state index in [1.165, 1.54) is 0 Å². The molecule has 1 amide bonds. The molecule has 1 saturated heterocycles. The maximum Gasteiger partial charge on any atom is 0.238 e. The number of imidazole rings is 1. The summed E-state index contributed by atoms with van der Waals surface area (Å²) in [5.74, 6) is 0.579. The molecule has 7 rings (SSSR count). The number of nitrogens with one attached hydrogen (secondary N) is 3. The van der Waals surface area contributed by atoms with Crippen LogP contribution in [0.15, 0.2) is 59.9 Å². The van der Waals surface area contributed by atoms with Crippen molar-refractivity contribution in [3.8, 4) is 22.6 Å². The lowest BCUT2D eigenvalue weighted by Crippen LogP contribution is -2.27. The molecular weight excluding hydrogens is 482 g/mol. The first kappa shape index (κ1) is 22.2. The number of allylic oxidation sites excluding steroid dienone is 1. The normalized spacial score (nSPS) is 14.1. The van der Waals surface area contributed by atoms with E-state index < -0.39 is 0 Å². The largest absolute Gasteiger partial charge is 0.472 e. The predicted molar refractivity (Wildman–Crippen MR) is 142 cm³/mol. The fraction of sp³-hybridized carbons (Fsp3) is 0.148. The molecule has 0 bridgehead atoms. The van der Waals surface area contributed by atoms with Gasteiger partial charge in [-0.2, -0.15) is 5.10 Å². The zero-order chi connectivity index (χ0) is 25.8. The molecule has 11 heteroatoms. The molecule has 0 atom stereocenters. The Labute approximate surface area is 216 Å². The SMILES string of the molecule is CN(C)CC(=O)Nc1cncc(C2=CC=c3[nH]nc(-c4nc5c(-c6ccoc6)cncc5[nH]4)c3=C3CN23)c1. The molecule has 2 aliphatic rings. The molecule has 3 N–H and O–H groups in total. The van der Waals surface area contributed by atoms with Crippen LogP contribution in [0.3, 0.4) is 0 Å². The number of H-pyrrole nitrogens is 2. The Hall–Kier alpha value is -5.03. The van der Waals surface area contributed by atoms with Crippen molar-refractivity contribution < 1.29 is 9.21 Å². The van der Waals surface area contributed by atoms with Crippen molar-refractivity contribution in [2.24, 2.45) is 0 Å². The number of carbonyl (C=O) groups is 1. The molecule has 0 saturated carbocycles. The summed E-state index contributed by atoms with van der Waals surface area (Å²) in [7, 11) is 3.72. The molecule has 0 aliphatic carbocycles. The first-order chi connectivity index (χ1) is 18.5. The number of hydrogen-bond donors (Lipinski definition) is 3. The van der Waals surface area contributed by atoms with Gasteiger partial charge >= 0.3 is 0 Å². The predicted octanol–water partition coefficient (Wildman–Crippen LogP) is 1.76. The van der Waals surface area contributed by atoms with Gasteiger partial charge in [0.2, 0.25) is 5.91 Å². The summed E-state index contributed by atoms with van der Waals surface area (Å²) in [6.07, 6.45) is 14.4. The van der Waals surface area contributed by atoms with Crippen LogP contribution in [0.4, 0.5) is 5.69 Å². The van der Waals surface area contributed by atoms with Crippen LogP contribution < -0.4 is 15.9 Å². The zero-order valence-corrected chi connectivity index (χ0v) is 20.7. The summed E-state index contributed by atoms with van der Waals surface area (Å²) in [6, 6.07) is 3.83. The van der Waals surface area contributed by atoms with Crippen molar-refractivity contribution in [1.29, 1.82) is 0 Å². The molecule has 188 valence electrons. The molecule has 0 unspecified atom stereocenters. The number of rotatable bonds is 6. The van der Waals surface area contributed by atoms with E-state index >= 15 is 0 Å². The highest BCUT2D eigenvalue weighted by Crippen LogP contribution is 2.36. The topological polar surface area (TPSA) is 132 Å². The van der Waals surface area contributed by atoms with Gasteiger partial charge < -0.3 is 24.5 Å². The number of anilines is 1. The van der Waals surface area contributed by atoms with Gasteiger partial charge in [0.1, 0.15) is 11.2 Å². The second-order valence-electron chi connectivity index (χ2n) is 9.54. The Bertz CT molecular complexity index is 1860. The Balaban J connectivity index is 1.24. The number of amides is 1. The molecule has 7 heterocycles. The molecule has 1 fully saturated rings. The van der Waals surface area contributed by atoms with E-state index in [4.69, 9.17) is 9.40 Å². The number of nitrogens with zero attached hydrogens (tertiary/aromatic N) is 6. The lowest BCUT2D eigenvalue weighted by Gasteiger charge is -2.12. The average Bonchev–Trinajstić information content (AvgIpc) is 3.25. The van der Waals surface area contributed by atoms with E-state index in [2.05, 4.69) is 35.4 Å². The van der Waals surface area contributed by atoms with Gasteiger partial charge in [0.25, 0.3) is 0 Å². The summed E-state index contributed by atoms with van der Waals surface area (Å²) >= 11 is 0. The quantitative estimate of drug-likeness (QED) is 0.298. The monoisotopic (exact) mass is 505 g/mol. The molecule has 0 radical (unpaired) electrons. The van der Waals surface area contributed by atoms with Crippen LogP contribution in [0, 0.1) is 0 Å². The van der Waals surface area contributed by atoms with Crippen LogP contribution in [0.2, 0.25) is 0 Å². The smallest absolute Gasteiger partial charge is 0.238 e. The summed E-state index contributed by atoms with van der Waals surface area (Å²) < 4.78 is 5.26. The second-order valence-corrected chi connectivity index (χ2v) is 9.54. The van der Waals surface area contributed by atoms with Gasteiger partial charge in [-0.15, -0.1) is 0 Å². The molecule has 5 aromatic rings. The maximum atomic E-state index is 12.2. The maximum absolute atomic E-state index is 12.2. The molecular formula is C27H23N9O2. The van der Waals surface area contributed by atoms with E-state index in [1.807, 2.05) is 43.3 Å². The highest BCUT2D eigenvalue weighted by molar-refractivity contribution is 5.94. The van der Waals surface area contributed by atoms with Gasteiger partial charge in [-0.25, -0.2) is 4.98 Å². The Morgan fingerprint density at radius 1 is 1.16 bits per heavy atom. The Morgan fingerprint density at radius 3 is 2.89 bits per heavy atom. The number of aromatic amines is 2. The molecule has 0 aromatic carbocycles. The first-order valence-corrected chi connectivity index (χ1v) is 12.1. The van der Waals surface area contributed by atoms with Gasteiger partial charge in [0.05, 0.1) is 71.2 Å². The molecule has 0 spiro atoms. The number of fused-ring (bicyclic) bond motifs is 3. The first-order valence-electron chi connectivity index (χ1n) is 12.1. The molecule has 11 nitrogen and oxygen atoms in total. The molecule has 2 aliphatic heterocycles. The Morgan fingerprint density at radius 2 is 2.05 bits per heavy atom. The third-order valence-corrected chi connectivity index (χ3v) is 6.54. The lowest BCUT2D eigenvalue weighted by atomic mass is 10.1. The van der Waals surface area contributed by atoms with Gasteiger partial charge in [-0.05, 0) is 38.4 Å². The van der Waals surface area contributed by atoms with Crippen LogP contribution in [0.25, 0.3) is 51.1 Å². The van der Waals surface area contributed by atoms with Gasteiger partial charge in [-0.1, -0.05) is 0 Å². The van der Waals surface area contributed by atoms with Crippen molar-refractivity contribution >= 4 is 40.1 Å². The zero-order valence-electron chi connectivity index (χ0n) is 20.7. The summed E-state index contributed by atoms with van der Waals surface area (Å²) in [5.41, 5.74) is 7.90. The number of aromatic nitrogens is 6. The third-order valence-electron chi connectivity index (χ3n) is 6.54. The fourth-order valence-electron chi connectivity index (χ4n) is 4.81. The molecule has 38 heavy (non-hydrogen) atoms. The standard InChI is InChI=1S/C27H23N9O2/c1-35(2)13-23(37)30-17-7-16(8-28-9-17)21-4-3-19-24(22-12-36(21)22)26(34-33-19)27-31-20-11-29-10-18(25(20)32-27)15-5-6-38-14-15/h3-11,14,33H,12-13H2,1-2H3,(H,30,37)(H,31,32). The highest BCUT2D eigenvalue weighted by atomic mass is 16.3. The number of pyridine rings is 2. The van der Waals surface area contributed by atoms with E-state index in [9.17, 15) is 4.79 Å². The minimum absolute atomic E-state index is 0.0861. The van der Waals surface area contributed by atoms with Gasteiger partial charge in [-0.3, -0.25) is 19.9 Å². The second kappa shape index (κ2) is 8.53. The van der Waals surface area contributed by atoms with Crippen LogP contribution in [-0.2, 0) is 4.79 Å². The molecule has 5 aromatic heterocycles. The van der Waals surface area contributed by atoms with Crippen LogP contribution in [0.1, 0.15) is 5.56 Å². The summed E-state index contributed by atoms with van der Waals surface area (Å²) in [5, 5.41) is 12.6. The van der Waals surface area contributed by atoms with Crippen LogP contribution in [-0.4, -0.2) is 73.0 Å². The third kappa shape index (κ3) is 3.76. The van der Waals surface area contributed by atoms with E-state index in [0.29, 0.717) is 18.1 Å². The Kier molecular flexibility index (Phi) is 4.98. The minimum atomic E-state index is -0.0861. The van der Waals surface area contributed by atoms with Gasteiger partial charge in [0, 0.05) is 29.1 Å². The van der Waals surface area contributed by atoms with E-state index in [-0.39, 0.29) is 5.91 Å². The van der Waals surface area contributed by atoms with Crippen LogP contribution >= 0.6 is 0 Å². The number of furan rings is 1. The highest BCUT2D eigenvalue weighted by Gasteiger charge is 2.34. The summed E-state index contributed by atoms with van der Waals surface area (Å²) in [4.78, 5) is 33.3. The van der Waals surface area contributed by atoms with E-state index in [0.717, 1.165) is 61.9 Å². The average molecular weight is 506 g/mol. The lowest BCUT2D eigenvalue weighted by molar-refractivity contribution is -0.116. The number of likely N-dealkylation sites (N-methyl/N-ethyl adjacent to an activating group) is 1. The van der Waals surface area contributed by atoms with Crippen molar-refractivity contribution in [3.63, 3.8) is 0 Å². The fourth-order valence-corrected chi connectivity index (χ4v) is 4.81. The van der Waals surface area contributed by atoms with Crippen molar-refractivity contribution in [2.75, 3.05) is 32.5 Å². The minimum Gasteiger partial charge on any atom is -0.472 e. The van der Waals surface area contributed by atoms with Crippen molar-refractivity contribution in [2.45, 2.75) is 0 Å².